The van der Waals surface area contributed by atoms with Gasteiger partial charge < -0.3 is 9.47 Å². The Morgan fingerprint density at radius 2 is 1.53 bits per heavy atom. The summed E-state index contributed by atoms with van der Waals surface area (Å²) in [5, 5.41) is 0. The van der Waals surface area contributed by atoms with Crippen LogP contribution in [0.4, 0.5) is 5.69 Å². The molecule has 4 rings (SSSR count). The lowest BCUT2D eigenvalue weighted by molar-refractivity contribution is 0.0846. The van der Waals surface area contributed by atoms with Crippen LogP contribution in [0.5, 0.6) is 11.5 Å². The standard InChI is InChI=1S/C24H23N3O6S/c1-15-7-8-16(2)22(13-15)34(30,31)27-19-6-4-3-5-18(19)24(29)26-25-23(28)17-9-10-20-21(14-17)33-12-11-32-20/h3-10,13-14,27H,11-12H2,1-2H3,(H,25,28)(H,26,29). The van der Waals surface area contributed by atoms with Crippen molar-refractivity contribution in [1.82, 2.24) is 10.9 Å². The molecule has 0 aromatic heterocycles. The first-order valence-electron chi connectivity index (χ1n) is 10.4. The monoisotopic (exact) mass is 481 g/mol. The lowest BCUT2D eigenvalue weighted by Crippen LogP contribution is -2.42. The van der Waals surface area contributed by atoms with E-state index in [9.17, 15) is 18.0 Å². The second-order valence-electron chi connectivity index (χ2n) is 7.69. The zero-order chi connectivity index (χ0) is 24.3. The molecule has 10 heteroatoms. The number of benzene rings is 3. The summed E-state index contributed by atoms with van der Waals surface area (Å²) < 4.78 is 39.3. The maximum absolute atomic E-state index is 13.0. The molecule has 0 atom stereocenters. The van der Waals surface area contributed by atoms with Gasteiger partial charge in [-0.3, -0.25) is 25.2 Å². The van der Waals surface area contributed by atoms with Gasteiger partial charge in [0.1, 0.15) is 13.2 Å². The van der Waals surface area contributed by atoms with Crippen molar-refractivity contribution in [1.29, 1.82) is 0 Å². The number of ether oxygens (including phenoxy) is 2. The van der Waals surface area contributed by atoms with Crippen LogP contribution < -0.4 is 25.0 Å². The van der Waals surface area contributed by atoms with Crippen molar-refractivity contribution >= 4 is 27.5 Å². The average molecular weight is 482 g/mol. The number of anilines is 1. The minimum absolute atomic E-state index is 0.0406. The van der Waals surface area contributed by atoms with E-state index >= 15 is 0 Å². The van der Waals surface area contributed by atoms with Crippen LogP contribution in [0.15, 0.2) is 65.6 Å². The Morgan fingerprint density at radius 1 is 0.824 bits per heavy atom. The van der Waals surface area contributed by atoms with Crippen molar-refractivity contribution < 1.29 is 27.5 Å². The summed E-state index contributed by atoms with van der Waals surface area (Å²) >= 11 is 0. The predicted molar refractivity (Wildman–Crippen MR) is 126 cm³/mol. The molecule has 9 nitrogen and oxygen atoms in total. The smallest absolute Gasteiger partial charge is 0.271 e. The third-order valence-corrected chi connectivity index (χ3v) is 6.65. The molecule has 176 valence electrons. The second-order valence-corrected chi connectivity index (χ2v) is 9.34. The van der Waals surface area contributed by atoms with Crippen molar-refractivity contribution in [2.24, 2.45) is 0 Å². The lowest BCUT2D eigenvalue weighted by Gasteiger charge is -2.18. The zero-order valence-electron chi connectivity index (χ0n) is 18.5. The summed E-state index contributed by atoms with van der Waals surface area (Å²) in [7, 11) is -3.95. The molecule has 3 N–H and O–H groups in total. The second kappa shape index (κ2) is 9.44. The van der Waals surface area contributed by atoms with E-state index in [-0.39, 0.29) is 21.7 Å². The van der Waals surface area contributed by atoms with Crippen LogP contribution in [0.25, 0.3) is 0 Å². The topological polar surface area (TPSA) is 123 Å². The van der Waals surface area contributed by atoms with Gasteiger partial charge in [-0.1, -0.05) is 24.3 Å². The van der Waals surface area contributed by atoms with Gasteiger partial charge >= 0.3 is 0 Å². The summed E-state index contributed by atoms with van der Waals surface area (Å²) in [5.41, 5.74) is 6.39. The van der Waals surface area contributed by atoms with Crippen LogP contribution >= 0.6 is 0 Å². The molecule has 0 bridgehead atoms. The number of sulfonamides is 1. The fourth-order valence-electron chi connectivity index (χ4n) is 3.40. The first kappa shape index (κ1) is 23.1. The number of carbonyl (C=O) groups is 2. The Bertz CT molecular complexity index is 1370. The van der Waals surface area contributed by atoms with E-state index < -0.39 is 21.8 Å². The predicted octanol–water partition coefficient (Wildman–Crippen LogP) is 2.95. The molecular weight excluding hydrogens is 458 g/mol. The summed E-state index contributed by atoms with van der Waals surface area (Å²) in [6, 6.07) is 15.9. The summed E-state index contributed by atoms with van der Waals surface area (Å²) in [4.78, 5) is 25.4. The number of carbonyl (C=O) groups excluding carboxylic acids is 2. The van der Waals surface area contributed by atoms with Gasteiger partial charge in [0.15, 0.2) is 11.5 Å². The SMILES string of the molecule is Cc1ccc(C)c(S(=O)(=O)Nc2ccccc2C(=O)NNC(=O)c2ccc3c(c2)OCCO3)c1. The largest absolute Gasteiger partial charge is 0.486 e. The molecule has 1 aliphatic heterocycles. The summed E-state index contributed by atoms with van der Waals surface area (Å²) in [6.07, 6.45) is 0. The van der Waals surface area contributed by atoms with Crippen LogP contribution in [0.2, 0.25) is 0 Å². The van der Waals surface area contributed by atoms with Gasteiger partial charge in [-0.25, -0.2) is 8.42 Å². The van der Waals surface area contributed by atoms with E-state index in [0.717, 1.165) is 5.56 Å². The van der Waals surface area contributed by atoms with Gasteiger partial charge in [-0.2, -0.15) is 0 Å². The van der Waals surface area contributed by atoms with Crippen LogP contribution in [0.3, 0.4) is 0 Å². The number of aryl methyl sites for hydroxylation is 2. The molecule has 0 saturated heterocycles. The van der Waals surface area contributed by atoms with Gasteiger partial charge in [0, 0.05) is 5.56 Å². The maximum atomic E-state index is 13.0. The zero-order valence-corrected chi connectivity index (χ0v) is 19.4. The lowest BCUT2D eigenvalue weighted by atomic mass is 10.1. The minimum Gasteiger partial charge on any atom is -0.486 e. The van der Waals surface area contributed by atoms with E-state index in [1.54, 1.807) is 50.2 Å². The van der Waals surface area contributed by atoms with E-state index in [0.29, 0.717) is 30.3 Å². The molecule has 34 heavy (non-hydrogen) atoms. The Hall–Kier alpha value is -4.05. The molecular formula is C24H23N3O6S. The third kappa shape index (κ3) is 4.96. The first-order valence-corrected chi connectivity index (χ1v) is 11.9. The van der Waals surface area contributed by atoms with E-state index in [1.165, 1.54) is 18.2 Å². The number of amides is 2. The number of fused-ring (bicyclic) bond motifs is 1. The molecule has 1 aliphatic rings. The Labute approximate surface area is 197 Å². The summed E-state index contributed by atoms with van der Waals surface area (Å²) in [6.45, 7) is 4.30. The van der Waals surface area contributed by atoms with Gasteiger partial charge in [-0.15, -0.1) is 0 Å². The number of nitrogens with one attached hydrogen (secondary N) is 3. The van der Waals surface area contributed by atoms with Gasteiger partial charge in [0.2, 0.25) is 0 Å². The Morgan fingerprint density at radius 3 is 2.32 bits per heavy atom. The highest BCUT2D eigenvalue weighted by Crippen LogP contribution is 2.30. The number of hydrogen-bond donors (Lipinski definition) is 3. The highest BCUT2D eigenvalue weighted by Gasteiger charge is 2.21. The van der Waals surface area contributed by atoms with E-state index in [1.807, 2.05) is 6.07 Å². The molecule has 0 fully saturated rings. The molecule has 2 amide bonds. The Kier molecular flexibility index (Phi) is 6.42. The fraction of sp³-hybridized carbons (Fsp3) is 0.167. The van der Waals surface area contributed by atoms with Crippen LogP contribution in [-0.4, -0.2) is 33.4 Å². The van der Waals surface area contributed by atoms with Crippen LogP contribution in [0, 0.1) is 13.8 Å². The quantitative estimate of drug-likeness (QED) is 0.482. The molecule has 1 heterocycles. The van der Waals surface area contributed by atoms with Crippen LogP contribution in [-0.2, 0) is 10.0 Å². The molecule has 3 aromatic rings. The highest BCUT2D eigenvalue weighted by atomic mass is 32.2. The molecule has 0 aliphatic carbocycles. The fourth-order valence-corrected chi connectivity index (χ4v) is 4.81. The minimum atomic E-state index is -3.95. The maximum Gasteiger partial charge on any atom is 0.271 e. The van der Waals surface area contributed by atoms with Crippen molar-refractivity contribution in [2.75, 3.05) is 17.9 Å². The van der Waals surface area contributed by atoms with Gasteiger partial charge in [0.05, 0.1) is 16.1 Å². The van der Waals surface area contributed by atoms with E-state index in [4.69, 9.17) is 9.47 Å². The van der Waals surface area contributed by atoms with Gasteiger partial charge in [0.25, 0.3) is 21.8 Å². The van der Waals surface area contributed by atoms with E-state index in [2.05, 4.69) is 15.6 Å². The van der Waals surface area contributed by atoms with Crippen molar-refractivity contribution in [3.63, 3.8) is 0 Å². The number of hydrazine groups is 1. The van der Waals surface area contributed by atoms with Crippen molar-refractivity contribution in [2.45, 2.75) is 18.7 Å². The highest BCUT2D eigenvalue weighted by molar-refractivity contribution is 7.92. The molecule has 0 unspecified atom stereocenters. The normalized spacial score (nSPS) is 12.5. The number of rotatable bonds is 5. The number of hydrogen-bond acceptors (Lipinski definition) is 6. The molecule has 0 saturated carbocycles. The number of para-hydroxylation sites is 1. The molecule has 0 radical (unpaired) electrons. The van der Waals surface area contributed by atoms with Crippen molar-refractivity contribution in [3.05, 3.63) is 82.9 Å². The summed E-state index contributed by atoms with van der Waals surface area (Å²) in [5.74, 6) is -0.280. The van der Waals surface area contributed by atoms with Gasteiger partial charge in [-0.05, 0) is 61.4 Å². The Balaban J connectivity index is 1.48. The van der Waals surface area contributed by atoms with Crippen LogP contribution in [0.1, 0.15) is 31.8 Å². The average Bonchev–Trinajstić information content (AvgIpc) is 2.83. The third-order valence-electron chi connectivity index (χ3n) is 5.14. The molecule has 0 spiro atoms. The van der Waals surface area contributed by atoms with Crippen molar-refractivity contribution in [3.8, 4) is 11.5 Å². The first-order chi connectivity index (χ1) is 16.2. The molecule has 3 aromatic carbocycles.